The van der Waals surface area contributed by atoms with Gasteiger partial charge in [0, 0.05) is 23.4 Å². The fourth-order valence-electron chi connectivity index (χ4n) is 5.11. The molecule has 9 heteroatoms. The van der Waals surface area contributed by atoms with Gasteiger partial charge in [0.2, 0.25) is 5.91 Å². The van der Waals surface area contributed by atoms with Gasteiger partial charge in [-0.3, -0.25) is 9.59 Å². The Kier molecular flexibility index (Phi) is 7.78. The summed E-state index contributed by atoms with van der Waals surface area (Å²) in [6.07, 6.45) is -0.725. The van der Waals surface area contributed by atoms with Crippen LogP contribution in [0.5, 0.6) is 0 Å². The summed E-state index contributed by atoms with van der Waals surface area (Å²) in [7, 11) is 0. The molecule has 1 fully saturated rings. The number of carbonyl (C=O) groups excluding carboxylic acids is 2. The summed E-state index contributed by atoms with van der Waals surface area (Å²) < 4.78 is 40.1. The Bertz CT molecular complexity index is 1320. The Morgan fingerprint density at radius 2 is 1.61 bits per heavy atom. The Hall–Kier alpha value is -3.85. The number of rotatable bonds is 7. The van der Waals surface area contributed by atoms with E-state index in [1.165, 1.54) is 6.07 Å². The Balaban J connectivity index is 1.63. The zero-order valence-corrected chi connectivity index (χ0v) is 20.7. The van der Waals surface area contributed by atoms with Crippen molar-refractivity contribution in [3.63, 3.8) is 0 Å². The lowest BCUT2D eigenvalue weighted by atomic mass is 9.73. The van der Waals surface area contributed by atoms with Crippen LogP contribution in [0.1, 0.15) is 53.6 Å². The van der Waals surface area contributed by atoms with Crippen molar-refractivity contribution >= 4 is 23.2 Å². The topological polar surface area (TPSA) is 118 Å². The molecule has 0 aromatic heterocycles. The summed E-state index contributed by atoms with van der Waals surface area (Å²) in [5.41, 5.74) is 10.1. The fraction of sp³-hybridized carbons (Fsp3) is 0.310. The van der Waals surface area contributed by atoms with Crippen LogP contribution in [0, 0.1) is 5.92 Å². The number of alkyl halides is 3. The molecule has 200 valence electrons. The summed E-state index contributed by atoms with van der Waals surface area (Å²) in [6.45, 7) is 0. The van der Waals surface area contributed by atoms with E-state index < -0.39 is 34.8 Å². The average molecular weight is 526 g/mol. The molecule has 0 heterocycles. The molecule has 0 aliphatic heterocycles. The third-order valence-electron chi connectivity index (χ3n) is 7.19. The molecule has 0 radical (unpaired) electrons. The van der Waals surface area contributed by atoms with Crippen molar-refractivity contribution in [1.82, 2.24) is 0 Å². The van der Waals surface area contributed by atoms with Crippen molar-refractivity contribution in [2.24, 2.45) is 11.7 Å². The normalized spacial score (nSPS) is 16.0. The number of anilines is 2. The molecule has 0 saturated heterocycles. The van der Waals surface area contributed by atoms with Crippen molar-refractivity contribution < 1.29 is 27.9 Å². The highest BCUT2D eigenvalue weighted by Gasteiger charge is 2.44. The molecule has 0 spiro atoms. The molecule has 1 unspecified atom stereocenters. The van der Waals surface area contributed by atoms with Crippen LogP contribution in [0.15, 0.2) is 66.7 Å². The molecule has 6 nitrogen and oxygen atoms in total. The van der Waals surface area contributed by atoms with E-state index in [1.54, 1.807) is 36.4 Å². The van der Waals surface area contributed by atoms with Crippen molar-refractivity contribution in [2.45, 2.75) is 50.3 Å². The monoisotopic (exact) mass is 525 g/mol. The molecule has 3 aromatic carbocycles. The molecule has 1 aliphatic rings. The first kappa shape index (κ1) is 27.2. The largest absolute Gasteiger partial charge is 0.418 e. The number of benzene rings is 3. The van der Waals surface area contributed by atoms with Crippen LogP contribution in [0.2, 0.25) is 0 Å². The number of primary amides is 1. The van der Waals surface area contributed by atoms with Gasteiger partial charge < -0.3 is 21.9 Å². The van der Waals surface area contributed by atoms with Gasteiger partial charge in [0.1, 0.15) is 5.60 Å². The second-order valence-corrected chi connectivity index (χ2v) is 9.83. The van der Waals surface area contributed by atoms with E-state index in [0.717, 1.165) is 42.5 Å². The van der Waals surface area contributed by atoms with Crippen molar-refractivity contribution in [3.8, 4) is 11.1 Å². The predicted molar refractivity (Wildman–Crippen MR) is 140 cm³/mol. The van der Waals surface area contributed by atoms with E-state index in [4.69, 9.17) is 11.5 Å². The summed E-state index contributed by atoms with van der Waals surface area (Å²) >= 11 is 0. The van der Waals surface area contributed by atoms with E-state index in [1.807, 2.05) is 12.1 Å². The second-order valence-electron chi connectivity index (χ2n) is 9.83. The molecule has 38 heavy (non-hydrogen) atoms. The minimum Gasteiger partial charge on any atom is -0.398 e. The number of hydrogen-bond acceptors (Lipinski definition) is 4. The summed E-state index contributed by atoms with van der Waals surface area (Å²) in [6, 6.07) is 17.3. The maximum atomic E-state index is 13.5. The van der Waals surface area contributed by atoms with Gasteiger partial charge in [-0.25, -0.2) is 0 Å². The highest BCUT2D eigenvalue weighted by atomic mass is 19.4. The van der Waals surface area contributed by atoms with E-state index >= 15 is 0 Å². The minimum atomic E-state index is -4.68. The first-order valence-electron chi connectivity index (χ1n) is 12.5. The van der Waals surface area contributed by atoms with Gasteiger partial charge in [-0.05, 0) is 65.8 Å². The third-order valence-corrected chi connectivity index (χ3v) is 7.19. The van der Waals surface area contributed by atoms with Gasteiger partial charge in [-0.15, -0.1) is 0 Å². The van der Waals surface area contributed by atoms with Crippen LogP contribution < -0.4 is 16.8 Å². The predicted octanol–water partition coefficient (Wildman–Crippen LogP) is 5.55. The summed E-state index contributed by atoms with van der Waals surface area (Å²) in [4.78, 5) is 24.9. The SMILES string of the molecule is NC(=O)c1ccc(-c2cccc(CC(O)(C(=O)Nc3ccc(N)c(C(F)(F)F)c3)C3CCCCC3)c2)cc1. The van der Waals surface area contributed by atoms with E-state index in [-0.39, 0.29) is 18.0 Å². The smallest absolute Gasteiger partial charge is 0.398 e. The molecule has 0 bridgehead atoms. The number of amides is 2. The maximum Gasteiger partial charge on any atom is 0.418 e. The van der Waals surface area contributed by atoms with Crippen LogP contribution in [-0.2, 0) is 17.4 Å². The van der Waals surface area contributed by atoms with Crippen molar-refractivity contribution in [1.29, 1.82) is 0 Å². The molecule has 4 rings (SSSR count). The van der Waals surface area contributed by atoms with Crippen LogP contribution in [0.4, 0.5) is 24.5 Å². The molecule has 2 amide bonds. The molecule has 1 saturated carbocycles. The standard InChI is InChI=1S/C29H30F3N3O3/c30-29(31,32)24-16-23(13-14-25(24)33)35-27(37)28(38,22-7-2-1-3-8-22)17-18-5-4-6-21(15-18)19-9-11-20(12-10-19)26(34)36/h4-6,9-16,22,38H,1-3,7-8,17,33H2,(H2,34,36)(H,35,37). The quantitative estimate of drug-likeness (QED) is 0.303. The first-order valence-corrected chi connectivity index (χ1v) is 12.5. The molecule has 1 atom stereocenters. The number of nitrogens with one attached hydrogen (secondary N) is 1. The van der Waals surface area contributed by atoms with E-state index in [9.17, 15) is 27.9 Å². The number of nitrogen functional groups attached to an aromatic ring is 1. The fourth-order valence-corrected chi connectivity index (χ4v) is 5.11. The second kappa shape index (κ2) is 10.9. The third kappa shape index (κ3) is 5.99. The Labute approximate surface area is 218 Å². The van der Waals surface area contributed by atoms with Gasteiger partial charge >= 0.3 is 6.18 Å². The number of halogens is 3. The van der Waals surface area contributed by atoms with Crippen molar-refractivity contribution in [2.75, 3.05) is 11.1 Å². The molecule has 1 aliphatic carbocycles. The van der Waals surface area contributed by atoms with Gasteiger partial charge in [0.25, 0.3) is 5.91 Å². The zero-order chi connectivity index (χ0) is 27.5. The van der Waals surface area contributed by atoms with E-state index in [0.29, 0.717) is 24.0 Å². The van der Waals surface area contributed by atoms with Gasteiger partial charge in [0.05, 0.1) is 5.56 Å². The highest BCUT2D eigenvalue weighted by Crippen LogP contribution is 2.38. The summed E-state index contributed by atoms with van der Waals surface area (Å²) in [5, 5.41) is 14.4. The van der Waals surface area contributed by atoms with Crippen LogP contribution in [0.3, 0.4) is 0 Å². The average Bonchev–Trinajstić information content (AvgIpc) is 2.89. The van der Waals surface area contributed by atoms with Crippen LogP contribution in [-0.4, -0.2) is 22.5 Å². The first-order chi connectivity index (χ1) is 18.0. The van der Waals surface area contributed by atoms with E-state index in [2.05, 4.69) is 5.32 Å². The van der Waals surface area contributed by atoms with Gasteiger partial charge in [-0.1, -0.05) is 55.7 Å². The lowest BCUT2D eigenvalue weighted by Gasteiger charge is -2.37. The van der Waals surface area contributed by atoms with Gasteiger partial charge in [-0.2, -0.15) is 13.2 Å². The van der Waals surface area contributed by atoms with Gasteiger partial charge in [0.15, 0.2) is 0 Å². The molecule has 6 N–H and O–H groups in total. The number of carbonyl (C=O) groups is 2. The molecular weight excluding hydrogens is 495 g/mol. The minimum absolute atomic E-state index is 0.0161. The lowest BCUT2D eigenvalue weighted by molar-refractivity contribution is -0.142. The Morgan fingerprint density at radius 1 is 0.921 bits per heavy atom. The lowest BCUT2D eigenvalue weighted by Crippen LogP contribution is -2.51. The highest BCUT2D eigenvalue weighted by molar-refractivity contribution is 5.98. The van der Waals surface area contributed by atoms with Crippen LogP contribution >= 0.6 is 0 Å². The number of hydrogen-bond donors (Lipinski definition) is 4. The number of nitrogens with two attached hydrogens (primary N) is 2. The molecule has 3 aromatic rings. The maximum absolute atomic E-state index is 13.5. The zero-order valence-electron chi connectivity index (χ0n) is 20.7. The molecular formula is C29H30F3N3O3. The Morgan fingerprint density at radius 3 is 2.24 bits per heavy atom. The number of aliphatic hydroxyl groups is 1. The van der Waals surface area contributed by atoms with Crippen LogP contribution in [0.25, 0.3) is 11.1 Å². The summed E-state index contributed by atoms with van der Waals surface area (Å²) in [5.74, 6) is -1.64. The van der Waals surface area contributed by atoms with Crippen molar-refractivity contribution in [3.05, 3.63) is 83.4 Å².